The highest BCUT2D eigenvalue weighted by molar-refractivity contribution is 5.54. The lowest BCUT2D eigenvalue weighted by Crippen LogP contribution is -2.13. The summed E-state index contributed by atoms with van der Waals surface area (Å²) in [4.78, 5) is 6.79. The van der Waals surface area contributed by atoms with Gasteiger partial charge in [-0.1, -0.05) is 26.0 Å². The molecule has 15 heavy (non-hydrogen) atoms. The fourth-order valence-corrected chi connectivity index (χ4v) is 1.61. The molecular weight excluding hydrogens is 188 g/mol. The van der Waals surface area contributed by atoms with Gasteiger partial charge >= 0.3 is 0 Å². The van der Waals surface area contributed by atoms with Crippen LogP contribution in [0, 0.1) is 0 Å². The lowest BCUT2D eigenvalue weighted by Gasteiger charge is -2.19. The third-order valence-corrected chi connectivity index (χ3v) is 2.49. The molecule has 3 heteroatoms. The number of anilines is 1. The SMILES string of the molecule is CC(C)c1ccc(N(C)C)c(CON)c1. The lowest BCUT2D eigenvalue weighted by atomic mass is 10.00. The van der Waals surface area contributed by atoms with Gasteiger partial charge < -0.3 is 4.90 Å². The van der Waals surface area contributed by atoms with Gasteiger partial charge in [0, 0.05) is 25.3 Å². The number of hydrogen-bond acceptors (Lipinski definition) is 3. The quantitative estimate of drug-likeness (QED) is 0.771. The van der Waals surface area contributed by atoms with Gasteiger partial charge in [0.1, 0.15) is 0 Å². The van der Waals surface area contributed by atoms with Gasteiger partial charge in [-0.05, 0) is 17.5 Å². The molecule has 0 aliphatic carbocycles. The molecule has 1 aromatic carbocycles. The first kappa shape index (κ1) is 12.0. The van der Waals surface area contributed by atoms with E-state index in [1.807, 2.05) is 14.1 Å². The fourth-order valence-electron chi connectivity index (χ4n) is 1.61. The van der Waals surface area contributed by atoms with Crippen LogP contribution in [-0.4, -0.2) is 14.1 Å². The van der Waals surface area contributed by atoms with Gasteiger partial charge in [0.15, 0.2) is 0 Å². The molecule has 0 aliphatic rings. The van der Waals surface area contributed by atoms with Crippen molar-refractivity contribution in [3.8, 4) is 0 Å². The predicted molar refractivity (Wildman–Crippen MR) is 63.8 cm³/mol. The number of nitrogens with zero attached hydrogens (tertiary/aromatic N) is 1. The van der Waals surface area contributed by atoms with E-state index < -0.39 is 0 Å². The molecule has 0 saturated heterocycles. The van der Waals surface area contributed by atoms with Crippen LogP contribution in [0.25, 0.3) is 0 Å². The molecule has 0 saturated carbocycles. The van der Waals surface area contributed by atoms with Crippen LogP contribution >= 0.6 is 0 Å². The molecule has 0 aromatic heterocycles. The van der Waals surface area contributed by atoms with Gasteiger partial charge in [0.25, 0.3) is 0 Å². The third-order valence-electron chi connectivity index (χ3n) is 2.49. The summed E-state index contributed by atoms with van der Waals surface area (Å²) in [5.41, 5.74) is 3.60. The first-order chi connectivity index (χ1) is 7.06. The molecule has 3 nitrogen and oxygen atoms in total. The summed E-state index contributed by atoms with van der Waals surface area (Å²) in [5, 5.41) is 0. The second kappa shape index (κ2) is 5.14. The van der Waals surface area contributed by atoms with Crippen molar-refractivity contribution in [3.63, 3.8) is 0 Å². The van der Waals surface area contributed by atoms with E-state index in [9.17, 15) is 0 Å². The van der Waals surface area contributed by atoms with Crippen LogP contribution in [0.4, 0.5) is 5.69 Å². The first-order valence-electron chi connectivity index (χ1n) is 5.18. The molecule has 0 unspecified atom stereocenters. The molecule has 0 bridgehead atoms. The van der Waals surface area contributed by atoms with Crippen molar-refractivity contribution < 1.29 is 4.84 Å². The zero-order valence-corrected chi connectivity index (χ0v) is 9.95. The van der Waals surface area contributed by atoms with Gasteiger partial charge in [-0.3, -0.25) is 4.84 Å². The summed E-state index contributed by atoms with van der Waals surface area (Å²) in [6.45, 7) is 4.81. The Morgan fingerprint density at radius 1 is 1.33 bits per heavy atom. The van der Waals surface area contributed by atoms with Crippen LogP contribution in [0.3, 0.4) is 0 Å². The highest BCUT2D eigenvalue weighted by atomic mass is 16.6. The molecule has 0 aliphatic heterocycles. The molecule has 0 spiro atoms. The number of hydrogen-bond donors (Lipinski definition) is 1. The Kier molecular flexibility index (Phi) is 4.12. The predicted octanol–water partition coefficient (Wildman–Crippen LogP) is 2.27. The van der Waals surface area contributed by atoms with Crippen LogP contribution in [0.2, 0.25) is 0 Å². The lowest BCUT2D eigenvalue weighted by molar-refractivity contribution is 0.124. The number of benzene rings is 1. The second-order valence-electron chi connectivity index (χ2n) is 4.25. The minimum atomic E-state index is 0.452. The maximum absolute atomic E-state index is 5.14. The largest absolute Gasteiger partial charge is 0.377 e. The van der Waals surface area contributed by atoms with Crippen molar-refractivity contribution in [2.45, 2.75) is 26.4 Å². The number of nitrogens with two attached hydrogens (primary N) is 1. The molecule has 0 atom stereocenters. The summed E-state index contributed by atoms with van der Waals surface area (Å²) in [7, 11) is 4.04. The van der Waals surface area contributed by atoms with Crippen LogP contribution < -0.4 is 10.8 Å². The summed E-state index contributed by atoms with van der Waals surface area (Å²) >= 11 is 0. The van der Waals surface area contributed by atoms with Crippen molar-refractivity contribution in [2.24, 2.45) is 5.90 Å². The average Bonchev–Trinajstić information content (AvgIpc) is 2.17. The zero-order chi connectivity index (χ0) is 11.4. The molecule has 0 fully saturated rings. The molecule has 0 amide bonds. The molecule has 1 aromatic rings. The summed E-state index contributed by atoms with van der Waals surface area (Å²) in [5.74, 6) is 5.66. The first-order valence-corrected chi connectivity index (χ1v) is 5.18. The molecule has 2 N–H and O–H groups in total. The van der Waals surface area contributed by atoms with Crippen molar-refractivity contribution >= 4 is 5.69 Å². The van der Waals surface area contributed by atoms with Crippen LogP contribution in [0.5, 0.6) is 0 Å². The van der Waals surface area contributed by atoms with Gasteiger partial charge in [0.2, 0.25) is 0 Å². The smallest absolute Gasteiger partial charge is 0.0950 e. The van der Waals surface area contributed by atoms with E-state index in [4.69, 9.17) is 10.7 Å². The summed E-state index contributed by atoms with van der Waals surface area (Å²) in [6.07, 6.45) is 0. The second-order valence-corrected chi connectivity index (χ2v) is 4.25. The normalized spacial score (nSPS) is 10.8. The third kappa shape index (κ3) is 2.94. The Morgan fingerprint density at radius 2 is 2.00 bits per heavy atom. The highest BCUT2D eigenvalue weighted by Crippen LogP contribution is 2.24. The maximum atomic E-state index is 5.14. The molecule has 0 heterocycles. The van der Waals surface area contributed by atoms with Crippen LogP contribution in [0.1, 0.15) is 30.9 Å². The molecule has 1 rings (SSSR count). The zero-order valence-electron chi connectivity index (χ0n) is 9.95. The van der Waals surface area contributed by atoms with Crippen molar-refractivity contribution in [3.05, 3.63) is 29.3 Å². The minimum Gasteiger partial charge on any atom is -0.377 e. The average molecular weight is 208 g/mol. The van der Waals surface area contributed by atoms with E-state index in [0.717, 1.165) is 11.3 Å². The Balaban J connectivity index is 3.08. The van der Waals surface area contributed by atoms with Crippen molar-refractivity contribution in [1.29, 1.82) is 0 Å². The Morgan fingerprint density at radius 3 is 2.47 bits per heavy atom. The Hall–Kier alpha value is -1.06. The Labute approximate surface area is 91.8 Å². The minimum absolute atomic E-state index is 0.452. The number of rotatable bonds is 4. The van der Waals surface area contributed by atoms with Gasteiger partial charge in [-0.2, -0.15) is 0 Å². The fraction of sp³-hybridized carbons (Fsp3) is 0.500. The van der Waals surface area contributed by atoms with E-state index in [1.165, 1.54) is 5.56 Å². The Bertz CT molecular complexity index is 321. The van der Waals surface area contributed by atoms with E-state index >= 15 is 0 Å². The monoisotopic (exact) mass is 208 g/mol. The van der Waals surface area contributed by atoms with Crippen LogP contribution in [0.15, 0.2) is 18.2 Å². The topological polar surface area (TPSA) is 38.5 Å². The summed E-state index contributed by atoms with van der Waals surface area (Å²) in [6, 6.07) is 6.43. The highest BCUT2D eigenvalue weighted by Gasteiger charge is 2.07. The van der Waals surface area contributed by atoms with E-state index in [2.05, 4.69) is 36.9 Å². The van der Waals surface area contributed by atoms with Crippen molar-refractivity contribution in [1.82, 2.24) is 0 Å². The molecular formula is C12H20N2O. The van der Waals surface area contributed by atoms with Gasteiger partial charge in [-0.25, -0.2) is 5.90 Å². The molecule has 84 valence electrons. The van der Waals surface area contributed by atoms with E-state index in [1.54, 1.807) is 0 Å². The summed E-state index contributed by atoms with van der Waals surface area (Å²) < 4.78 is 0. The van der Waals surface area contributed by atoms with E-state index in [0.29, 0.717) is 12.5 Å². The van der Waals surface area contributed by atoms with Gasteiger partial charge in [0.05, 0.1) is 6.61 Å². The standard InChI is InChI=1S/C12H20N2O/c1-9(2)10-5-6-12(14(3)4)11(7-10)8-15-13/h5-7,9H,8,13H2,1-4H3. The van der Waals surface area contributed by atoms with Crippen LogP contribution in [-0.2, 0) is 11.4 Å². The molecule has 0 radical (unpaired) electrons. The van der Waals surface area contributed by atoms with Crippen molar-refractivity contribution in [2.75, 3.05) is 19.0 Å². The maximum Gasteiger partial charge on any atom is 0.0950 e. The van der Waals surface area contributed by atoms with E-state index in [-0.39, 0.29) is 0 Å². The van der Waals surface area contributed by atoms with Gasteiger partial charge in [-0.15, -0.1) is 0 Å².